The summed E-state index contributed by atoms with van der Waals surface area (Å²) in [6, 6.07) is 8.11. The molecule has 0 fully saturated rings. The minimum Gasteiger partial charge on any atom is -0.496 e. The van der Waals surface area contributed by atoms with Crippen molar-refractivity contribution < 1.29 is 4.74 Å². The summed E-state index contributed by atoms with van der Waals surface area (Å²) < 4.78 is 5.38. The predicted molar refractivity (Wildman–Crippen MR) is 61.3 cm³/mol. The lowest BCUT2D eigenvalue weighted by Gasteiger charge is -2.13. The molecule has 0 spiro atoms. The topological polar surface area (TPSA) is 21.3 Å². The van der Waals surface area contributed by atoms with Gasteiger partial charge in [-0.3, -0.25) is 0 Å². The molecule has 1 aromatic carbocycles. The zero-order valence-electron chi connectivity index (χ0n) is 9.22. The van der Waals surface area contributed by atoms with Crippen LogP contribution in [0, 0.1) is 0 Å². The summed E-state index contributed by atoms with van der Waals surface area (Å²) in [5.74, 6) is 0.940. The minimum atomic E-state index is 0.940. The number of methoxy groups -OCH3 is 1. The second-order valence-corrected chi connectivity index (χ2v) is 3.33. The van der Waals surface area contributed by atoms with Crippen molar-refractivity contribution in [2.45, 2.75) is 13.8 Å². The molecule has 1 rings (SSSR count). The van der Waals surface area contributed by atoms with Crippen LogP contribution in [0.2, 0.25) is 0 Å². The van der Waals surface area contributed by atoms with Crippen molar-refractivity contribution in [1.82, 2.24) is 0 Å². The maximum Gasteiger partial charge on any atom is 0.126 e. The van der Waals surface area contributed by atoms with Crippen molar-refractivity contribution in [3.8, 4) is 0 Å². The van der Waals surface area contributed by atoms with E-state index in [-0.39, 0.29) is 0 Å². The Bertz CT molecular complexity index is 338. The lowest BCUT2D eigenvalue weighted by molar-refractivity contribution is 0.367. The van der Waals surface area contributed by atoms with Crippen LogP contribution in [0.15, 0.2) is 29.8 Å². The van der Waals surface area contributed by atoms with Crippen molar-refractivity contribution in [3.05, 3.63) is 35.4 Å². The normalized spacial score (nSPS) is 9.43. The summed E-state index contributed by atoms with van der Waals surface area (Å²) in [7, 11) is 3.62. The quantitative estimate of drug-likeness (QED) is 0.741. The van der Waals surface area contributed by atoms with E-state index in [2.05, 4.69) is 11.4 Å². The van der Waals surface area contributed by atoms with Gasteiger partial charge in [-0.1, -0.05) is 12.1 Å². The molecule has 0 atom stereocenters. The SMILES string of the molecule is CNc1ccccc1C(OC)=C(C)C. The van der Waals surface area contributed by atoms with Gasteiger partial charge in [0.15, 0.2) is 0 Å². The highest BCUT2D eigenvalue weighted by atomic mass is 16.5. The molecule has 0 aromatic heterocycles. The number of rotatable bonds is 3. The molecule has 2 heteroatoms. The number of nitrogens with one attached hydrogen (secondary N) is 1. The van der Waals surface area contributed by atoms with E-state index in [0.29, 0.717) is 0 Å². The largest absolute Gasteiger partial charge is 0.496 e. The van der Waals surface area contributed by atoms with Crippen LogP contribution >= 0.6 is 0 Å². The molecule has 2 nitrogen and oxygen atoms in total. The maximum absolute atomic E-state index is 5.38. The molecule has 0 heterocycles. The van der Waals surface area contributed by atoms with Gasteiger partial charge in [0, 0.05) is 18.3 Å². The van der Waals surface area contributed by atoms with Gasteiger partial charge in [0.1, 0.15) is 5.76 Å². The van der Waals surface area contributed by atoms with Crippen LogP contribution in [0.3, 0.4) is 0 Å². The molecule has 0 radical (unpaired) electrons. The summed E-state index contributed by atoms with van der Waals surface area (Å²) >= 11 is 0. The zero-order chi connectivity index (χ0) is 10.6. The number of hydrogen-bond donors (Lipinski definition) is 1. The Morgan fingerprint density at radius 1 is 1.21 bits per heavy atom. The van der Waals surface area contributed by atoms with E-state index in [1.165, 1.54) is 5.57 Å². The molecule has 0 amide bonds. The van der Waals surface area contributed by atoms with E-state index in [9.17, 15) is 0 Å². The van der Waals surface area contributed by atoms with Gasteiger partial charge in [-0.2, -0.15) is 0 Å². The monoisotopic (exact) mass is 191 g/mol. The fraction of sp³-hybridized carbons (Fsp3) is 0.333. The van der Waals surface area contributed by atoms with E-state index in [1.54, 1.807) is 7.11 Å². The average Bonchev–Trinajstić information content (AvgIpc) is 2.19. The molecule has 14 heavy (non-hydrogen) atoms. The fourth-order valence-corrected chi connectivity index (χ4v) is 1.48. The van der Waals surface area contributed by atoms with E-state index in [1.807, 2.05) is 39.1 Å². The summed E-state index contributed by atoms with van der Waals surface area (Å²) in [4.78, 5) is 0. The van der Waals surface area contributed by atoms with Gasteiger partial charge < -0.3 is 10.1 Å². The van der Waals surface area contributed by atoms with Crippen molar-refractivity contribution >= 4 is 11.4 Å². The van der Waals surface area contributed by atoms with Gasteiger partial charge in [-0.25, -0.2) is 0 Å². The molecule has 0 saturated heterocycles. The Labute approximate surface area is 85.6 Å². The minimum absolute atomic E-state index is 0.940. The van der Waals surface area contributed by atoms with E-state index >= 15 is 0 Å². The summed E-state index contributed by atoms with van der Waals surface area (Å²) in [5, 5.41) is 3.15. The van der Waals surface area contributed by atoms with Crippen LogP contribution < -0.4 is 5.32 Å². The highest BCUT2D eigenvalue weighted by molar-refractivity contribution is 5.73. The Balaban J connectivity index is 3.23. The van der Waals surface area contributed by atoms with Gasteiger partial charge in [-0.15, -0.1) is 0 Å². The van der Waals surface area contributed by atoms with Crippen LogP contribution in [0.25, 0.3) is 5.76 Å². The Hall–Kier alpha value is -1.44. The molecule has 0 unspecified atom stereocenters. The van der Waals surface area contributed by atoms with Crippen molar-refractivity contribution in [2.75, 3.05) is 19.5 Å². The number of anilines is 1. The van der Waals surface area contributed by atoms with Crippen molar-refractivity contribution in [2.24, 2.45) is 0 Å². The van der Waals surface area contributed by atoms with Gasteiger partial charge in [0.05, 0.1) is 7.11 Å². The number of hydrogen-bond acceptors (Lipinski definition) is 2. The second kappa shape index (κ2) is 4.70. The maximum atomic E-state index is 5.38. The summed E-state index contributed by atoms with van der Waals surface area (Å²) in [6.07, 6.45) is 0. The lowest BCUT2D eigenvalue weighted by Crippen LogP contribution is -1.97. The molecule has 1 N–H and O–H groups in total. The summed E-state index contributed by atoms with van der Waals surface area (Å²) in [5.41, 5.74) is 3.37. The third-order valence-corrected chi connectivity index (χ3v) is 2.10. The molecular weight excluding hydrogens is 174 g/mol. The first-order chi connectivity index (χ1) is 6.70. The molecule has 0 aliphatic heterocycles. The number of para-hydroxylation sites is 1. The first-order valence-electron chi connectivity index (χ1n) is 4.69. The standard InChI is InChI=1S/C12H17NO/c1-9(2)12(14-4)10-7-5-6-8-11(10)13-3/h5-8,13H,1-4H3. The number of benzene rings is 1. The van der Waals surface area contributed by atoms with Crippen LogP contribution in [0.1, 0.15) is 19.4 Å². The van der Waals surface area contributed by atoms with Gasteiger partial charge >= 0.3 is 0 Å². The van der Waals surface area contributed by atoms with Gasteiger partial charge in [-0.05, 0) is 31.6 Å². The molecule has 76 valence electrons. The van der Waals surface area contributed by atoms with Crippen LogP contribution in [0.4, 0.5) is 5.69 Å². The molecule has 0 bridgehead atoms. The van der Waals surface area contributed by atoms with Crippen molar-refractivity contribution in [3.63, 3.8) is 0 Å². The van der Waals surface area contributed by atoms with E-state index in [4.69, 9.17) is 4.74 Å². The predicted octanol–water partition coefficient (Wildman–Crippen LogP) is 3.13. The van der Waals surface area contributed by atoms with E-state index in [0.717, 1.165) is 17.0 Å². The molecular formula is C12H17NO. The number of allylic oxidation sites excluding steroid dienone is 1. The third kappa shape index (κ3) is 2.08. The lowest BCUT2D eigenvalue weighted by atomic mass is 10.1. The second-order valence-electron chi connectivity index (χ2n) is 3.33. The third-order valence-electron chi connectivity index (χ3n) is 2.10. The average molecular weight is 191 g/mol. The van der Waals surface area contributed by atoms with Gasteiger partial charge in [0.2, 0.25) is 0 Å². The molecule has 0 aliphatic rings. The van der Waals surface area contributed by atoms with Crippen LogP contribution in [0.5, 0.6) is 0 Å². The summed E-state index contributed by atoms with van der Waals surface area (Å²) in [6.45, 7) is 4.09. The van der Waals surface area contributed by atoms with E-state index < -0.39 is 0 Å². The molecule has 0 aliphatic carbocycles. The Kier molecular flexibility index (Phi) is 3.57. The molecule has 1 aromatic rings. The van der Waals surface area contributed by atoms with Gasteiger partial charge in [0.25, 0.3) is 0 Å². The van der Waals surface area contributed by atoms with Crippen molar-refractivity contribution in [1.29, 1.82) is 0 Å². The highest BCUT2D eigenvalue weighted by Crippen LogP contribution is 2.26. The van der Waals surface area contributed by atoms with Crippen LogP contribution in [-0.2, 0) is 4.74 Å². The Morgan fingerprint density at radius 3 is 2.36 bits per heavy atom. The van der Waals surface area contributed by atoms with Crippen LogP contribution in [-0.4, -0.2) is 14.2 Å². The highest BCUT2D eigenvalue weighted by Gasteiger charge is 2.07. The first-order valence-corrected chi connectivity index (χ1v) is 4.69. The first kappa shape index (κ1) is 10.6. The fourth-order valence-electron chi connectivity index (χ4n) is 1.48. The molecule has 0 saturated carbocycles. The zero-order valence-corrected chi connectivity index (χ0v) is 9.22. The Morgan fingerprint density at radius 2 is 1.86 bits per heavy atom. The smallest absolute Gasteiger partial charge is 0.126 e. The number of ether oxygens (including phenoxy) is 1.